The summed E-state index contributed by atoms with van der Waals surface area (Å²) in [6.07, 6.45) is 5.28. The molecule has 2 aromatic rings. The van der Waals surface area contributed by atoms with Crippen molar-refractivity contribution in [2.24, 2.45) is 0 Å². The van der Waals surface area contributed by atoms with Gasteiger partial charge in [-0.3, -0.25) is 4.90 Å². The lowest BCUT2D eigenvalue weighted by Gasteiger charge is -2.52. The highest BCUT2D eigenvalue weighted by molar-refractivity contribution is 5.45. The number of methoxy groups -OCH3 is 1. The molecule has 0 aromatic heterocycles. The highest BCUT2D eigenvalue weighted by Gasteiger charge is 2.46. The second-order valence-electron chi connectivity index (χ2n) is 8.48. The van der Waals surface area contributed by atoms with Crippen molar-refractivity contribution in [2.75, 3.05) is 7.11 Å². The fourth-order valence-corrected chi connectivity index (χ4v) is 5.35. The molecule has 0 spiro atoms. The minimum absolute atomic E-state index is 0.449. The molecule has 2 bridgehead atoms. The molecule has 144 valence electrons. The van der Waals surface area contributed by atoms with Crippen LogP contribution in [-0.2, 0) is 12.1 Å². The fourth-order valence-electron chi connectivity index (χ4n) is 5.35. The number of ether oxygens (including phenoxy) is 1. The summed E-state index contributed by atoms with van der Waals surface area (Å²) in [7, 11) is 1.72. The third kappa shape index (κ3) is 3.51. The number of hydrogen-bond donors (Lipinski definition) is 1. The summed E-state index contributed by atoms with van der Waals surface area (Å²) in [4.78, 5) is 2.65. The van der Waals surface area contributed by atoms with Gasteiger partial charge in [0.05, 0.1) is 12.7 Å². The molecule has 2 fully saturated rings. The first-order chi connectivity index (χ1) is 13.0. The molecule has 2 heterocycles. The molecule has 2 aromatic carbocycles. The van der Waals surface area contributed by atoms with Crippen LogP contribution in [0.2, 0.25) is 0 Å². The van der Waals surface area contributed by atoms with Gasteiger partial charge in [-0.1, -0.05) is 36.8 Å². The molecule has 27 heavy (non-hydrogen) atoms. The molecule has 2 unspecified atom stereocenters. The van der Waals surface area contributed by atoms with Gasteiger partial charge >= 0.3 is 0 Å². The second-order valence-corrected chi connectivity index (χ2v) is 8.48. The van der Waals surface area contributed by atoms with Crippen molar-refractivity contribution in [2.45, 2.75) is 70.2 Å². The molecule has 3 nitrogen and oxygen atoms in total. The average Bonchev–Trinajstić information content (AvgIpc) is 2.63. The highest BCUT2D eigenvalue weighted by Crippen LogP contribution is 2.46. The number of aliphatic hydroxyl groups is 1. The van der Waals surface area contributed by atoms with Crippen LogP contribution in [0.15, 0.2) is 42.5 Å². The van der Waals surface area contributed by atoms with Crippen molar-refractivity contribution in [3.05, 3.63) is 64.7 Å². The van der Waals surface area contributed by atoms with Crippen LogP contribution in [0.25, 0.3) is 0 Å². The summed E-state index contributed by atoms with van der Waals surface area (Å²) >= 11 is 0. The lowest BCUT2D eigenvalue weighted by molar-refractivity contribution is -0.0999. The van der Waals surface area contributed by atoms with Gasteiger partial charge in [0.15, 0.2) is 0 Å². The Kier molecular flexibility index (Phi) is 5.00. The van der Waals surface area contributed by atoms with E-state index in [-0.39, 0.29) is 0 Å². The minimum atomic E-state index is -0.731. The van der Waals surface area contributed by atoms with Crippen LogP contribution in [0.4, 0.5) is 0 Å². The van der Waals surface area contributed by atoms with Crippen LogP contribution in [0.1, 0.15) is 54.4 Å². The molecule has 3 heteroatoms. The molecule has 0 aliphatic carbocycles. The Hall–Kier alpha value is -1.84. The Morgan fingerprint density at radius 2 is 1.63 bits per heavy atom. The van der Waals surface area contributed by atoms with Crippen LogP contribution in [-0.4, -0.2) is 29.2 Å². The molecule has 2 aliphatic rings. The van der Waals surface area contributed by atoms with E-state index in [1.165, 1.54) is 24.8 Å². The predicted octanol–water partition coefficient (Wildman–Crippen LogP) is 4.72. The smallest absolute Gasteiger partial charge is 0.124 e. The van der Waals surface area contributed by atoms with E-state index in [1.807, 2.05) is 0 Å². The quantitative estimate of drug-likeness (QED) is 0.851. The number of piperidine rings is 2. The topological polar surface area (TPSA) is 32.7 Å². The molecule has 0 radical (unpaired) electrons. The first-order valence-electron chi connectivity index (χ1n) is 10.2. The van der Waals surface area contributed by atoms with E-state index >= 15 is 0 Å². The zero-order valence-electron chi connectivity index (χ0n) is 16.7. The lowest BCUT2D eigenvalue weighted by atomic mass is 9.72. The average molecular weight is 366 g/mol. The molecular weight excluding hydrogens is 334 g/mol. The van der Waals surface area contributed by atoms with Crippen LogP contribution < -0.4 is 4.74 Å². The van der Waals surface area contributed by atoms with E-state index < -0.39 is 5.60 Å². The van der Waals surface area contributed by atoms with Gasteiger partial charge < -0.3 is 9.84 Å². The Labute approximate surface area is 163 Å². The van der Waals surface area contributed by atoms with Crippen molar-refractivity contribution >= 4 is 0 Å². The van der Waals surface area contributed by atoms with Gasteiger partial charge in [-0.05, 0) is 73.9 Å². The monoisotopic (exact) mass is 365 g/mol. The van der Waals surface area contributed by atoms with E-state index in [4.69, 9.17) is 4.74 Å². The number of nitrogens with zero attached hydrogens (tertiary/aromatic N) is 1. The van der Waals surface area contributed by atoms with Gasteiger partial charge in [0.25, 0.3) is 0 Å². The Morgan fingerprint density at radius 1 is 1.04 bits per heavy atom. The Balaban J connectivity index is 1.61. The van der Waals surface area contributed by atoms with Crippen molar-refractivity contribution in [3.63, 3.8) is 0 Å². The summed E-state index contributed by atoms with van der Waals surface area (Å²) in [5.41, 5.74) is 3.92. The molecule has 4 rings (SSSR count). The molecule has 2 aliphatic heterocycles. The van der Waals surface area contributed by atoms with Gasteiger partial charge in [-0.15, -0.1) is 0 Å². The van der Waals surface area contributed by atoms with Crippen LogP contribution in [0.5, 0.6) is 5.75 Å². The van der Waals surface area contributed by atoms with Crippen molar-refractivity contribution in [3.8, 4) is 5.75 Å². The third-order valence-corrected chi connectivity index (χ3v) is 6.57. The van der Waals surface area contributed by atoms with E-state index in [0.29, 0.717) is 12.1 Å². The molecule has 2 saturated heterocycles. The van der Waals surface area contributed by atoms with E-state index in [2.05, 4.69) is 61.2 Å². The first kappa shape index (κ1) is 18.5. The van der Waals surface area contributed by atoms with Gasteiger partial charge in [-0.25, -0.2) is 0 Å². The number of rotatable bonds is 4. The minimum Gasteiger partial charge on any atom is -0.496 e. The van der Waals surface area contributed by atoms with E-state index in [9.17, 15) is 5.11 Å². The predicted molar refractivity (Wildman–Crippen MR) is 109 cm³/mol. The summed E-state index contributed by atoms with van der Waals surface area (Å²) in [6.45, 7) is 5.14. The van der Waals surface area contributed by atoms with Crippen molar-refractivity contribution in [1.82, 2.24) is 4.90 Å². The summed E-state index contributed by atoms with van der Waals surface area (Å²) in [6, 6.07) is 15.9. The number of fused-ring (bicyclic) bond motifs is 2. The van der Waals surface area contributed by atoms with Crippen LogP contribution in [0, 0.1) is 13.8 Å². The number of benzene rings is 2. The lowest BCUT2D eigenvalue weighted by Crippen LogP contribution is -2.56. The normalized spacial score (nSPS) is 28.1. The van der Waals surface area contributed by atoms with Crippen molar-refractivity contribution < 1.29 is 9.84 Å². The van der Waals surface area contributed by atoms with Gasteiger partial charge in [-0.2, -0.15) is 0 Å². The molecule has 0 amide bonds. The summed E-state index contributed by atoms with van der Waals surface area (Å²) < 4.78 is 5.52. The third-order valence-electron chi connectivity index (χ3n) is 6.57. The maximum absolute atomic E-state index is 11.7. The van der Waals surface area contributed by atoms with Gasteiger partial charge in [0.2, 0.25) is 0 Å². The zero-order chi connectivity index (χ0) is 19.0. The van der Waals surface area contributed by atoms with Gasteiger partial charge in [0, 0.05) is 18.6 Å². The maximum atomic E-state index is 11.7. The molecular formula is C24H31NO2. The first-order valence-corrected chi connectivity index (χ1v) is 10.2. The van der Waals surface area contributed by atoms with Crippen molar-refractivity contribution in [1.29, 1.82) is 0 Å². The SMILES string of the molecule is COc1c(C)cc(C2(O)CC3CCCC(C2)N3Cc2ccccc2)cc1C. The molecule has 1 N–H and O–H groups in total. The Morgan fingerprint density at radius 3 is 2.19 bits per heavy atom. The van der Waals surface area contributed by atoms with Crippen LogP contribution >= 0.6 is 0 Å². The number of aryl methyl sites for hydroxylation is 2. The largest absolute Gasteiger partial charge is 0.496 e. The summed E-state index contributed by atoms with van der Waals surface area (Å²) in [5.74, 6) is 0.934. The van der Waals surface area contributed by atoms with Gasteiger partial charge in [0.1, 0.15) is 5.75 Å². The molecule has 0 saturated carbocycles. The fraction of sp³-hybridized carbons (Fsp3) is 0.500. The maximum Gasteiger partial charge on any atom is 0.124 e. The van der Waals surface area contributed by atoms with E-state index in [1.54, 1.807) is 7.11 Å². The summed E-state index contributed by atoms with van der Waals surface area (Å²) in [5, 5.41) is 11.7. The number of hydrogen-bond acceptors (Lipinski definition) is 3. The van der Waals surface area contributed by atoms with Crippen LogP contribution in [0.3, 0.4) is 0 Å². The standard InChI is InChI=1S/C24H31NO2/c1-17-12-20(13-18(2)23(17)27-3)24(26)14-21-10-7-11-22(15-24)25(21)16-19-8-5-4-6-9-19/h4-6,8-9,12-13,21-22,26H,7,10-11,14-16H2,1-3H3. The van der Waals surface area contributed by atoms with E-state index in [0.717, 1.165) is 41.8 Å². The zero-order valence-corrected chi connectivity index (χ0v) is 16.7. The molecule has 2 atom stereocenters. The highest BCUT2D eigenvalue weighted by atomic mass is 16.5. The Bertz CT molecular complexity index is 764. The second kappa shape index (κ2) is 7.29.